The van der Waals surface area contributed by atoms with E-state index in [1.165, 1.54) is 0 Å². The molecule has 0 aromatic rings. The highest BCUT2D eigenvalue weighted by Crippen LogP contribution is 2.64. The van der Waals surface area contributed by atoms with Gasteiger partial charge in [-0.2, -0.15) is 0 Å². The Hall–Kier alpha value is 0.840. The summed E-state index contributed by atoms with van der Waals surface area (Å²) in [5, 5.41) is 1.66. The van der Waals surface area contributed by atoms with Crippen molar-refractivity contribution in [2.24, 2.45) is 0 Å². The van der Waals surface area contributed by atoms with Gasteiger partial charge in [0.15, 0.2) is 0 Å². The molecule has 0 aliphatic heterocycles. The van der Waals surface area contributed by atoms with Crippen LogP contribution in [-0.4, -0.2) is 29.2 Å². The normalized spacial score (nSPS) is 18.2. The Labute approximate surface area is 79.5 Å². The minimum absolute atomic E-state index is 0.0415. The second kappa shape index (κ2) is 3.70. The zero-order valence-electron chi connectivity index (χ0n) is 7.73. The number of rotatable bonds is 1. The van der Waals surface area contributed by atoms with E-state index in [2.05, 4.69) is 20.8 Å². The molecular formula is C7H16Cl2NP. The van der Waals surface area contributed by atoms with Crippen LogP contribution in [-0.2, 0) is 0 Å². The second-order valence-electron chi connectivity index (χ2n) is 3.72. The highest BCUT2D eigenvalue weighted by Gasteiger charge is 2.31. The quantitative estimate of drug-likeness (QED) is 0.607. The molecule has 0 aromatic heterocycles. The van der Waals surface area contributed by atoms with Crippen molar-refractivity contribution in [3.63, 3.8) is 0 Å². The lowest BCUT2D eigenvalue weighted by Gasteiger charge is -2.37. The van der Waals surface area contributed by atoms with Crippen molar-refractivity contribution in [2.75, 3.05) is 14.1 Å². The third-order valence-electron chi connectivity index (χ3n) is 1.65. The average molecular weight is 216 g/mol. The van der Waals surface area contributed by atoms with E-state index in [0.29, 0.717) is 0 Å². The predicted octanol–water partition coefficient (Wildman–Crippen LogP) is 3.43. The van der Waals surface area contributed by atoms with Gasteiger partial charge in [0, 0.05) is 10.4 Å². The van der Waals surface area contributed by atoms with Crippen LogP contribution in [0.5, 0.6) is 0 Å². The molecule has 0 bridgehead atoms. The van der Waals surface area contributed by atoms with Gasteiger partial charge in [0.05, 0.1) is 6.39 Å². The summed E-state index contributed by atoms with van der Waals surface area (Å²) in [7, 11) is 3.93. The Morgan fingerprint density at radius 1 is 1.27 bits per heavy atom. The molecule has 0 amide bonds. The first-order chi connectivity index (χ1) is 4.75. The maximum Gasteiger partial charge on any atom is 0.0543 e. The highest BCUT2D eigenvalue weighted by molar-refractivity contribution is 7.98. The maximum atomic E-state index is 6.38. The molecule has 0 aliphatic rings. The smallest absolute Gasteiger partial charge is 0.0543 e. The molecule has 1 unspecified atom stereocenters. The lowest BCUT2D eigenvalue weighted by molar-refractivity contribution is 0.639. The molecule has 0 aromatic carbocycles. The van der Waals surface area contributed by atoms with Crippen LogP contribution in [0.3, 0.4) is 0 Å². The SMILES string of the molecule is CN(C)P(Cl)(=CCl)C(C)(C)C. The van der Waals surface area contributed by atoms with Crippen molar-refractivity contribution in [3.05, 3.63) is 0 Å². The molecule has 1 nitrogen and oxygen atoms in total. The lowest BCUT2D eigenvalue weighted by atomic mass is 10.3. The summed E-state index contributed by atoms with van der Waals surface area (Å²) in [5.74, 6) is 0. The fourth-order valence-corrected chi connectivity index (χ4v) is 3.90. The van der Waals surface area contributed by atoms with Crippen LogP contribution in [0, 0.1) is 0 Å². The van der Waals surface area contributed by atoms with Crippen molar-refractivity contribution in [1.82, 2.24) is 4.67 Å². The zero-order chi connectivity index (χ0) is 9.28. The molecule has 68 valence electrons. The summed E-state index contributed by atoms with van der Waals surface area (Å²) in [6.45, 7) is 6.31. The Balaban J connectivity index is 4.95. The van der Waals surface area contributed by atoms with Gasteiger partial charge in [0.1, 0.15) is 0 Å². The van der Waals surface area contributed by atoms with Crippen LogP contribution in [0.15, 0.2) is 0 Å². The molecule has 0 saturated carbocycles. The first-order valence-corrected chi connectivity index (χ1v) is 6.62. The standard InChI is InChI=1S/C7H16Cl2NP/c1-7(2,3)11(9,6-8)10(4)5/h6H,1-5H3. The van der Waals surface area contributed by atoms with E-state index in [0.717, 1.165) is 0 Å². The van der Waals surface area contributed by atoms with E-state index >= 15 is 0 Å². The molecule has 0 aliphatic carbocycles. The molecule has 0 saturated heterocycles. The van der Waals surface area contributed by atoms with Crippen LogP contribution < -0.4 is 0 Å². The summed E-state index contributed by atoms with van der Waals surface area (Å²) in [6, 6.07) is 0. The highest BCUT2D eigenvalue weighted by atomic mass is 35.7. The summed E-state index contributed by atoms with van der Waals surface area (Å²) in [6.07, 6.45) is -1.76. The van der Waals surface area contributed by atoms with Crippen LogP contribution in [0.1, 0.15) is 20.8 Å². The average Bonchev–Trinajstić information content (AvgIpc) is 1.83. The number of nitrogens with zero attached hydrogens (tertiary/aromatic N) is 1. The zero-order valence-corrected chi connectivity index (χ0v) is 10.1. The van der Waals surface area contributed by atoms with E-state index < -0.39 is 6.39 Å². The van der Waals surface area contributed by atoms with E-state index in [1.807, 2.05) is 18.8 Å². The minimum Gasteiger partial charge on any atom is -0.277 e. The van der Waals surface area contributed by atoms with Crippen LogP contribution in [0.25, 0.3) is 0 Å². The Morgan fingerprint density at radius 3 is 1.64 bits per heavy atom. The van der Waals surface area contributed by atoms with Crippen LogP contribution in [0.2, 0.25) is 0 Å². The van der Waals surface area contributed by atoms with Gasteiger partial charge in [-0.3, -0.25) is 4.67 Å². The summed E-state index contributed by atoms with van der Waals surface area (Å²) < 4.78 is 2.02. The van der Waals surface area contributed by atoms with Gasteiger partial charge < -0.3 is 0 Å². The molecule has 1 atom stereocenters. The van der Waals surface area contributed by atoms with E-state index in [-0.39, 0.29) is 5.16 Å². The first-order valence-electron chi connectivity index (χ1n) is 3.46. The molecule has 0 rings (SSSR count). The van der Waals surface area contributed by atoms with Gasteiger partial charge in [-0.25, -0.2) is 0 Å². The van der Waals surface area contributed by atoms with Crippen molar-refractivity contribution in [3.8, 4) is 0 Å². The second-order valence-corrected chi connectivity index (χ2v) is 9.39. The van der Waals surface area contributed by atoms with Gasteiger partial charge in [0.25, 0.3) is 0 Å². The fourth-order valence-electron chi connectivity index (χ4n) is 0.834. The molecule has 0 N–H and O–H groups in total. The van der Waals surface area contributed by atoms with Crippen molar-refractivity contribution < 1.29 is 0 Å². The topological polar surface area (TPSA) is 3.24 Å². The van der Waals surface area contributed by atoms with Crippen molar-refractivity contribution in [2.45, 2.75) is 25.9 Å². The van der Waals surface area contributed by atoms with Crippen LogP contribution in [0.4, 0.5) is 0 Å². The number of hydrogen-bond donors (Lipinski definition) is 0. The Morgan fingerprint density at radius 2 is 1.64 bits per heavy atom. The van der Waals surface area contributed by atoms with Gasteiger partial charge in [-0.15, -0.1) is 0 Å². The van der Waals surface area contributed by atoms with Crippen LogP contribution >= 0.6 is 29.2 Å². The molecule has 0 fully saturated rings. The van der Waals surface area contributed by atoms with Gasteiger partial charge in [-0.05, 0) is 14.1 Å². The third-order valence-corrected chi connectivity index (χ3v) is 8.83. The fraction of sp³-hybridized carbons (Fsp3) is 0.857. The van der Waals surface area contributed by atoms with E-state index in [4.69, 9.17) is 22.8 Å². The van der Waals surface area contributed by atoms with Crippen molar-refractivity contribution >= 4 is 34.5 Å². The van der Waals surface area contributed by atoms with Gasteiger partial charge in [0.2, 0.25) is 0 Å². The Kier molecular flexibility index (Phi) is 3.98. The summed E-state index contributed by atoms with van der Waals surface area (Å²) in [5.41, 5.74) is 0. The minimum atomic E-state index is -1.76. The predicted molar refractivity (Wildman–Crippen MR) is 58.1 cm³/mol. The van der Waals surface area contributed by atoms with Gasteiger partial charge in [-0.1, -0.05) is 43.6 Å². The monoisotopic (exact) mass is 215 g/mol. The molecule has 11 heavy (non-hydrogen) atoms. The molecule has 0 spiro atoms. The van der Waals surface area contributed by atoms with E-state index in [9.17, 15) is 0 Å². The van der Waals surface area contributed by atoms with Gasteiger partial charge >= 0.3 is 0 Å². The summed E-state index contributed by atoms with van der Waals surface area (Å²) >= 11 is 12.1. The number of halogens is 2. The first kappa shape index (κ1) is 11.8. The number of hydrogen-bond acceptors (Lipinski definition) is 1. The summed E-state index contributed by atoms with van der Waals surface area (Å²) in [4.78, 5) is 0. The molecule has 4 heteroatoms. The third kappa shape index (κ3) is 2.39. The molecular weight excluding hydrogens is 200 g/mol. The molecule has 0 heterocycles. The lowest BCUT2D eigenvalue weighted by Crippen LogP contribution is -2.22. The van der Waals surface area contributed by atoms with Crippen molar-refractivity contribution in [1.29, 1.82) is 0 Å². The largest absolute Gasteiger partial charge is 0.277 e. The maximum absolute atomic E-state index is 6.38. The Bertz CT molecular complexity index is 181. The van der Waals surface area contributed by atoms with E-state index in [1.54, 1.807) is 5.26 Å². The molecule has 0 radical (unpaired) electrons.